The largest absolute Gasteiger partial charge is 0.468 e. The fourth-order valence-corrected chi connectivity index (χ4v) is 4.19. The van der Waals surface area contributed by atoms with E-state index in [1.165, 1.54) is 0 Å². The Labute approximate surface area is 131 Å². The van der Waals surface area contributed by atoms with Gasteiger partial charge in [0, 0.05) is 11.3 Å². The molecule has 2 rings (SSSR count). The van der Waals surface area contributed by atoms with E-state index in [1.54, 1.807) is 6.26 Å². The molecule has 1 heterocycles. The van der Waals surface area contributed by atoms with Crippen LogP contribution in [-0.2, 0) is 15.3 Å². The molecule has 5 heteroatoms. The number of esters is 1. The van der Waals surface area contributed by atoms with E-state index in [0.717, 1.165) is 30.8 Å². The van der Waals surface area contributed by atoms with Crippen LogP contribution >= 0.6 is 11.8 Å². The number of thioether (sulfide) groups is 1. The first-order valence-electron chi connectivity index (χ1n) is 7.64. The van der Waals surface area contributed by atoms with Gasteiger partial charge in [0.25, 0.3) is 0 Å². The van der Waals surface area contributed by atoms with Gasteiger partial charge in [-0.15, -0.1) is 0 Å². The van der Waals surface area contributed by atoms with Gasteiger partial charge in [-0.3, -0.25) is 10.1 Å². The number of hydrogen-bond acceptors (Lipinski definition) is 5. The Morgan fingerprint density at radius 1 is 1.62 bits per heavy atom. The summed E-state index contributed by atoms with van der Waals surface area (Å²) in [6.07, 6.45) is 4.41. The predicted molar refractivity (Wildman–Crippen MR) is 85.3 cm³/mol. The summed E-state index contributed by atoms with van der Waals surface area (Å²) >= 11 is 1.87. The lowest BCUT2D eigenvalue weighted by atomic mass is 9.96. The summed E-state index contributed by atoms with van der Waals surface area (Å²) in [4.78, 5) is 12.4. The predicted octanol–water partition coefficient (Wildman–Crippen LogP) is 3.37. The van der Waals surface area contributed by atoms with E-state index in [0.29, 0.717) is 11.9 Å². The molecule has 0 saturated heterocycles. The van der Waals surface area contributed by atoms with E-state index in [4.69, 9.17) is 9.15 Å². The third kappa shape index (κ3) is 4.27. The lowest BCUT2D eigenvalue weighted by Crippen LogP contribution is -2.54. The smallest absolute Gasteiger partial charge is 0.326 e. The van der Waals surface area contributed by atoms with Crippen molar-refractivity contribution < 1.29 is 13.9 Å². The number of nitrogens with one attached hydrogen (secondary N) is 1. The minimum Gasteiger partial charge on any atom is -0.468 e. The lowest BCUT2D eigenvalue weighted by molar-refractivity contribution is -0.151. The second-order valence-electron chi connectivity index (χ2n) is 5.86. The zero-order valence-corrected chi connectivity index (χ0v) is 13.9. The second-order valence-corrected chi connectivity index (χ2v) is 7.15. The molecule has 0 bridgehead atoms. The first kappa shape index (κ1) is 16.4. The van der Waals surface area contributed by atoms with Gasteiger partial charge in [-0.25, -0.2) is 0 Å². The van der Waals surface area contributed by atoms with Gasteiger partial charge in [0.15, 0.2) is 0 Å². The molecule has 1 aliphatic carbocycles. The number of hydrogen-bond donors (Lipinski definition) is 1. The van der Waals surface area contributed by atoms with Crippen LogP contribution < -0.4 is 5.32 Å². The highest BCUT2D eigenvalue weighted by atomic mass is 32.2. The van der Waals surface area contributed by atoms with E-state index in [-0.39, 0.29) is 12.0 Å². The topological polar surface area (TPSA) is 51.5 Å². The Hall–Kier alpha value is -0.940. The van der Waals surface area contributed by atoms with Crippen LogP contribution in [0.4, 0.5) is 0 Å². The first-order valence-corrected chi connectivity index (χ1v) is 8.69. The van der Waals surface area contributed by atoms with Crippen molar-refractivity contribution in [2.24, 2.45) is 0 Å². The Kier molecular flexibility index (Phi) is 5.76. The monoisotopic (exact) mass is 311 g/mol. The van der Waals surface area contributed by atoms with Crippen LogP contribution in [-0.4, -0.2) is 29.4 Å². The third-order valence-electron chi connectivity index (χ3n) is 3.74. The Morgan fingerprint density at radius 3 is 3.05 bits per heavy atom. The number of furan rings is 1. The van der Waals surface area contributed by atoms with Crippen molar-refractivity contribution in [3.63, 3.8) is 0 Å². The van der Waals surface area contributed by atoms with Gasteiger partial charge in [0.05, 0.1) is 18.6 Å². The molecule has 1 aromatic heterocycles. The average molecular weight is 311 g/mol. The van der Waals surface area contributed by atoms with Crippen LogP contribution in [0.5, 0.6) is 0 Å². The van der Waals surface area contributed by atoms with E-state index in [9.17, 15) is 4.79 Å². The minimum atomic E-state index is -0.509. The number of carbonyl (C=O) groups is 1. The fraction of sp³-hybridized carbons (Fsp3) is 0.688. The van der Waals surface area contributed by atoms with Gasteiger partial charge in [0.1, 0.15) is 11.3 Å². The van der Waals surface area contributed by atoms with Gasteiger partial charge in [-0.05, 0) is 52.2 Å². The van der Waals surface area contributed by atoms with Gasteiger partial charge in [-0.2, -0.15) is 11.8 Å². The summed E-state index contributed by atoms with van der Waals surface area (Å²) in [5.74, 6) is 1.75. The lowest BCUT2D eigenvalue weighted by Gasteiger charge is -2.30. The average Bonchev–Trinajstić information content (AvgIpc) is 3.06. The molecule has 1 aliphatic rings. The van der Waals surface area contributed by atoms with E-state index >= 15 is 0 Å². The molecule has 0 amide bonds. The van der Waals surface area contributed by atoms with E-state index in [2.05, 4.69) is 19.2 Å². The molecular weight excluding hydrogens is 286 g/mol. The normalized spacial score (nSPS) is 25.4. The maximum Gasteiger partial charge on any atom is 0.326 e. The summed E-state index contributed by atoms with van der Waals surface area (Å²) in [6.45, 7) is 6.44. The number of ether oxygens (including phenoxy) is 1. The molecule has 1 fully saturated rings. The van der Waals surface area contributed by atoms with Gasteiger partial charge >= 0.3 is 5.97 Å². The molecule has 0 spiro atoms. The summed E-state index contributed by atoms with van der Waals surface area (Å²) in [6, 6.07) is 4.17. The SMILES string of the molecule is CCOC(=O)C1(NC(C)C)CCC(SCc2ccco2)C1. The molecule has 2 unspecified atom stereocenters. The highest BCUT2D eigenvalue weighted by molar-refractivity contribution is 7.99. The Balaban J connectivity index is 1.95. The van der Waals surface area contributed by atoms with Crippen LogP contribution in [0, 0.1) is 0 Å². The van der Waals surface area contributed by atoms with Crippen molar-refractivity contribution in [2.75, 3.05) is 6.61 Å². The summed E-state index contributed by atoms with van der Waals surface area (Å²) in [5.41, 5.74) is -0.509. The summed E-state index contributed by atoms with van der Waals surface area (Å²) in [5, 5.41) is 3.92. The molecule has 0 radical (unpaired) electrons. The first-order chi connectivity index (χ1) is 10.1. The van der Waals surface area contributed by atoms with Crippen molar-refractivity contribution in [3.8, 4) is 0 Å². The van der Waals surface area contributed by atoms with Crippen molar-refractivity contribution in [1.82, 2.24) is 5.32 Å². The maximum atomic E-state index is 12.4. The van der Waals surface area contributed by atoms with Crippen molar-refractivity contribution in [2.45, 2.75) is 62.6 Å². The zero-order chi connectivity index (χ0) is 15.3. The minimum absolute atomic E-state index is 0.0974. The van der Waals surface area contributed by atoms with Crippen LogP contribution in [0.25, 0.3) is 0 Å². The molecular formula is C16H25NO3S. The molecule has 21 heavy (non-hydrogen) atoms. The number of rotatable bonds is 7. The van der Waals surface area contributed by atoms with Gasteiger partial charge < -0.3 is 9.15 Å². The third-order valence-corrected chi connectivity index (χ3v) is 5.07. The molecule has 1 N–H and O–H groups in total. The maximum absolute atomic E-state index is 12.4. The molecule has 0 aromatic carbocycles. The highest BCUT2D eigenvalue weighted by Gasteiger charge is 2.46. The second kappa shape index (κ2) is 7.36. The fourth-order valence-electron chi connectivity index (χ4n) is 2.93. The van der Waals surface area contributed by atoms with Crippen LogP contribution in [0.2, 0.25) is 0 Å². The standard InChI is InChI=1S/C16H25NO3S/c1-4-19-15(18)16(17-12(2)3)8-7-14(10-16)21-11-13-6-5-9-20-13/h5-6,9,12,14,17H,4,7-8,10-11H2,1-3H3. The van der Waals surface area contributed by atoms with Crippen LogP contribution in [0.1, 0.15) is 45.8 Å². The Bertz CT molecular complexity index is 446. The number of carbonyl (C=O) groups excluding carboxylic acids is 1. The van der Waals surface area contributed by atoms with Crippen LogP contribution in [0.3, 0.4) is 0 Å². The van der Waals surface area contributed by atoms with Crippen LogP contribution in [0.15, 0.2) is 22.8 Å². The Morgan fingerprint density at radius 2 is 2.43 bits per heavy atom. The zero-order valence-electron chi connectivity index (χ0n) is 13.1. The summed E-state index contributed by atoms with van der Waals surface area (Å²) in [7, 11) is 0. The molecule has 4 nitrogen and oxygen atoms in total. The molecule has 2 atom stereocenters. The van der Waals surface area contributed by atoms with Crippen molar-refractivity contribution in [1.29, 1.82) is 0 Å². The van der Waals surface area contributed by atoms with Crippen molar-refractivity contribution in [3.05, 3.63) is 24.2 Å². The molecule has 1 aromatic rings. The summed E-state index contributed by atoms with van der Waals surface area (Å²) < 4.78 is 10.7. The quantitative estimate of drug-likeness (QED) is 0.783. The molecule has 0 aliphatic heterocycles. The molecule has 118 valence electrons. The van der Waals surface area contributed by atoms with Crippen molar-refractivity contribution >= 4 is 17.7 Å². The van der Waals surface area contributed by atoms with Gasteiger partial charge in [-0.1, -0.05) is 0 Å². The van der Waals surface area contributed by atoms with E-state index in [1.807, 2.05) is 30.8 Å². The molecule has 1 saturated carbocycles. The van der Waals surface area contributed by atoms with Gasteiger partial charge in [0.2, 0.25) is 0 Å². The van der Waals surface area contributed by atoms with E-state index < -0.39 is 5.54 Å². The highest BCUT2D eigenvalue weighted by Crippen LogP contribution is 2.39.